The minimum Gasteiger partial charge on any atom is -0.481 e. The van der Waals surface area contributed by atoms with E-state index in [4.69, 9.17) is 5.11 Å². The van der Waals surface area contributed by atoms with Gasteiger partial charge in [-0.05, 0) is 6.42 Å². The zero-order valence-corrected chi connectivity index (χ0v) is 8.36. The molecule has 1 aliphatic rings. The lowest BCUT2D eigenvalue weighted by atomic mass is 10.2. The Morgan fingerprint density at radius 1 is 1.62 bits per heavy atom. The molecule has 3 N–H and O–H groups in total. The second-order valence-corrected chi connectivity index (χ2v) is 3.44. The first-order valence-electron chi connectivity index (χ1n) is 4.72. The number of carbonyl (C=O) groups excluding carboxylic acids is 3. The quantitative estimate of drug-likeness (QED) is 0.520. The molecular formula is C9H11N2O5. The molecule has 1 aliphatic heterocycles. The van der Waals surface area contributed by atoms with Crippen molar-refractivity contribution >= 4 is 24.1 Å². The normalized spacial score (nSPS) is 21.0. The molecule has 1 rings (SSSR count). The van der Waals surface area contributed by atoms with Crippen LogP contribution in [0.5, 0.6) is 0 Å². The van der Waals surface area contributed by atoms with Crippen molar-refractivity contribution in [2.24, 2.45) is 0 Å². The Balaban J connectivity index is 2.45. The van der Waals surface area contributed by atoms with E-state index < -0.39 is 30.4 Å². The molecule has 0 bridgehead atoms. The monoisotopic (exact) mass is 227 g/mol. The highest BCUT2D eigenvalue weighted by Crippen LogP contribution is 2.06. The SMILES string of the molecule is O=[C][C@H](CC(=O)O)NC(=O)[C@@H]1CCC(=O)N1. The van der Waals surface area contributed by atoms with Gasteiger partial charge in [0.15, 0.2) is 0 Å². The van der Waals surface area contributed by atoms with Gasteiger partial charge in [0, 0.05) is 6.42 Å². The van der Waals surface area contributed by atoms with Crippen molar-refractivity contribution in [3.05, 3.63) is 0 Å². The molecule has 0 saturated carbocycles. The molecule has 2 amide bonds. The van der Waals surface area contributed by atoms with Crippen LogP contribution in [0.25, 0.3) is 0 Å². The van der Waals surface area contributed by atoms with Gasteiger partial charge < -0.3 is 15.7 Å². The third kappa shape index (κ3) is 3.34. The molecule has 0 aromatic rings. The van der Waals surface area contributed by atoms with Gasteiger partial charge in [-0.3, -0.25) is 19.2 Å². The zero-order chi connectivity index (χ0) is 12.1. The molecule has 1 fully saturated rings. The minimum absolute atomic E-state index is 0.231. The van der Waals surface area contributed by atoms with Crippen LogP contribution >= 0.6 is 0 Å². The summed E-state index contributed by atoms with van der Waals surface area (Å²) in [5.41, 5.74) is 0. The van der Waals surface area contributed by atoms with E-state index in [9.17, 15) is 19.2 Å². The van der Waals surface area contributed by atoms with Crippen molar-refractivity contribution in [2.75, 3.05) is 0 Å². The van der Waals surface area contributed by atoms with Gasteiger partial charge >= 0.3 is 5.97 Å². The fraction of sp³-hybridized carbons (Fsp3) is 0.556. The van der Waals surface area contributed by atoms with Crippen molar-refractivity contribution in [1.82, 2.24) is 10.6 Å². The lowest BCUT2D eigenvalue weighted by molar-refractivity contribution is -0.137. The first-order valence-corrected chi connectivity index (χ1v) is 4.72. The van der Waals surface area contributed by atoms with Crippen molar-refractivity contribution < 1.29 is 24.3 Å². The Morgan fingerprint density at radius 2 is 2.31 bits per heavy atom. The van der Waals surface area contributed by atoms with Gasteiger partial charge in [-0.25, -0.2) is 0 Å². The Morgan fingerprint density at radius 3 is 2.75 bits per heavy atom. The number of carboxylic acids is 1. The predicted octanol–water partition coefficient (Wildman–Crippen LogP) is -1.67. The molecule has 2 atom stereocenters. The first-order chi connectivity index (χ1) is 7.52. The van der Waals surface area contributed by atoms with Gasteiger partial charge in [-0.1, -0.05) is 0 Å². The number of hydrogen-bond acceptors (Lipinski definition) is 4. The van der Waals surface area contributed by atoms with E-state index >= 15 is 0 Å². The fourth-order valence-electron chi connectivity index (χ4n) is 1.38. The van der Waals surface area contributed by atoms with Crippen molar-refractivity contribution in [2.45, 2.75) is 31.3 Å². The Hall–Kier alpha value is -1.92. The molecule has 1 radical (unpaired) electrons. The van der Waals surface area contributed by atoms with E-state index in [1.807, 2.05) is 0 Å². The van der Waals surface area contributed by atoms with Crippen LogP contribution in [0.4, 0.5) is 0 Å². The first kappa shape index (κ1) is 12.2. The highest BCUT2D eigenvalue weighted by Gasteiger charge is 2.29. The smallest absolute Gasteiger partial charge is 0.305 e. The van der Waals surface area contributed by atoms with Gasteiger partial charge in [0.25, 0.3) is 0 Å². The van der Waals surface area contributed by atoms with E-state index in [1.54, 1.807) is 0 Å². The molecule has 0 spiro atoms. The lowest BCUT2D eigenvalue weighted by Crippen LogP contribution is -2.47. The lowest BCUT2D eigenvalue weighted by Gasteiger charge is -2.13. The number of aliphatic carboxylic acids is 1. The second-order valence-electron chi connectivity index (χ2n) is 3.44. The summed E-state index contributed by atoms with van der Waals surface area (Å²) in [7, 11) is 0. The van der Waals surface area contributed by atoms with E-state index in [0.717, 1.165) is 0 Å². The van der Waals surface area contributed by atoms with Crippen LogP contribution in [0.2, 0.25) is 0 Å². The number of carboxylic acid groups (broad SMARTS) is 1. The van der Waals surface area contributed by atoms with Crippen molar-refractivity contribution in [3.63, 3.8) is 0 Å². The highest BCUT2D eigenvalue weighted by atomic mass is 16.4. The zero-order valence-electron chi connectivity index (χ0n) is 8.36. The van der Waals surface area contributed by atoms with Gasteiger partial charge in [-0.2, -0.15) is 0 Å². The molecule has 0 unspecified atom stereocenters. The Labute approximate surface area is 91.2 Å². The largest absolute Gasteiger partial charge is 0.481 e. The molecule has 1 saturated heterocycles. The molecule has 16 heavy (non-hydrogen) atoms. The van der Waals surface area contributed by atoms with Crippen molar-refractivity contribution in [1.29, 1.82) is 0 Å². The average molecular weight is 227 g/mol. The maximum atomic E-state index is 11.4. The summed E-state index contributed by atoms with van der Waals surface area (Å²) in [5.74, 6) is -1.99. The highest BCUT2D eigenvalue weighted by molar-refractivity contribution is 5.92. The maximum Gasteiger partial charge on any atom is 0.305 e. The number of carbonyl (C=O) groups is 3. The predicted molar refractivity (Wildman–Crippen MR) is 51.0 cm³/mol. The van der Waals surface area contributed by atoms with Crippen LogP contribution < -0.4 is 10.6 Å². The number of hydrogen-bond donors (Lipinski definition) is 3. The summed E-state index contributed by atoms with van der Waals surface area (Å²) in [4.78, 5) is 43.0. The second kappa shape index (κ2) is 5.24. The average Bonchev–Trinajstić information content (AvgIpc) is 2.63. The molecule has 0 aromatic carbocycles. The van der Waals surface area contributed by atoms with Gasteiger partial charge in [0.05, 0.1) is 6.42 Å². The minimum atomic E-state index is -1.20. The van der Waals surface area contributed by atoms with Crippen LogP contribution in [-0.4, -0.2) is 41.3 Å². The summed E-state index contributed by atoms with van der Waals surface area (Å²) >= 11 is 0. The Bertz CT molecular complexity index is 328. The third-order valence-electron chi connectivity index (χ3n) is 2.15. The van der Waals surface area contributed by atoms with Crippen LogP contribution in [0.15, 0.2) is 0 Å². The topological polar surface area (TPSA) is 113 Å². The number of nitrogens with one attached hydrogen (secondary N) is 2. The van der Waals surface area contributed by atoms with Gasteiger partial charge in [0.2, 0.25) is 18.1 Å². The maximum absolute atomic E-state index is 11.4. The van der Waals surface area contributed by atoms with E-state index in [-0.39, 0.29) is 12.3 Å². The third-order valence-corrected chi connectivity index (χ3v) is 2.15. The van der Waals surface area contributed by atoms with Gasteiger partial charge in [-0.15, -0.1) is 0 Å². The Kier molecular flexibility index (Phi) is 3.98. The van der Waals surface area contributed by atoms with Crippen LogP contribution in [0.3, 0.4) is 0 Å². The molecule has 7 heteroatoms. The molecule has 0 aliphatic carbocycles. The van der Waals surface area contributed by atoms with E-state index in [1.165, 1.54) is 6.29 Å². The van der Waals surface area contributed by atoms with Crippen LogP contribution in [0.1, 0.15) is 19.3 Å². The van der Waals surface area contributed by atoms with Crippen LogP contribution in [-0.2, 0) is 19.2 Å². The van der Waals surface area contributed by atoms with Gasteiger partial charge in [0.1, 0.15) is 12.1 Å². The summed E-state index contributed by atoms with van der Waals surface area (Å²) < 4.78 is 0. The number of amides is 2. The van der Waals surface area contributed by atoms with Crippen molar-refractivity contribution in [3.8, 4) is 0 Å². The summed E-state index contributed by atoms with van der Waals surface area (Å²) in [6.45, 7) is 0. The summed E-state index contributed by atoms with van der Waals surface area (Å²) in [6, 6.07) is -1.86. The molecule has 1 heterocycles. The fourth-order valence-corrected chi connectivity index (χ4v) is 1.38. The summed E-state index contributed by atoms with van der Waals surface area (Å²) in [5, 5.41) is 13.0. The molecule has 0 aromatic heterocycles. The number of rotatable bonds is 5. The van der Waals surface area contributed by atoms with E-state index in [2.05, 4.69) is 10.6 Å². The van der Waals surface area contributed by atoms with E-state index in [0.29, 0.717) is 6.42 Å². The molecular weight excluding hydrogens is 216 g/mol. The standard InChI is InChI=1S/C9H11N2O5/c12-4-5(3-8(14)15)10-9(16)6-1-2-7(13)11-6/h5-6H,1-3H2,(H,10,16)(H,11,13)(H,14,15)/t5-,6-/m0/s1. The molecule has 7 nitrogen and oxygen atoms in total. The molecule has 87 valence electrons. The summed E-state index contributed by atoms with van der Waals surface area (Å²) in [6.07, 6.45) is 1.51. The van der Waals surface area contributed by atoms with Crippen LogP contribution in [0, 0.1) is 0 Å².